The fraction of sp³-hybridized carbons (Fsp3) is 0.556. The number of carboxylic acids is 1. The molecule has 5 heteroatoms. The molecule has 1 aromatic carbocycles. The Hall–Kier alpha value is -2.04. The van der Waals surface area contributed by atoms with Gasteiger partial charge in [-0.1, -0.05) is 56.5 Å². The molecule has 0 heterocycles. The number of nitrogens with one attached hydrogen (secondary N) is 1. The molecule has 0 radical (unpaired) electrons. The van der Waals surface area contributed by atoms with Gasteiger partial charge >= 0.3 is 12.1 Å². The number of aliphatic carboxylic acids is 1. The van der Waals surface area contributed by atoms with Crippen LogP contribution >= 0.6 is 0 Å². The average Bonchev–Trinajstić information content (AvgIpc) is 2.53. The van der Waals surface area contributed by atoms with Gasteiger partial charge in [0.1, 0.15) is 6.61 Å². The van der Waals surface area contributed by atoms with Crippen LogP contribution in [0.4, 0.5) is 4.79 Å². The Labute approximate surface area is 137 Å². The number of rotatable bonds is 6. The van der Waals surface area contributed by atoms with Gasteiger partial charge in [-0.2, -0.15) is 0 Å². The Morgan fingerprint density at radius 2 is 2.09 bits per heavy atom. The average molecular weight is 319 g/mol. The van der Waals surface area contributed by atoms with Gasteiger partial charge < -0.3 is 15.2 Å². The summed E-state index contributed by atoms with van der Waals surface area (Å²) in [6, 6.07) is 9.44. The predicted molar refractivity (Wildman–Crippen MR) is 87.0 cm³/mol. The zero-order chi connectivity index (χ0) is 16.7. The van der Waals surface area contributed by atoms with Crippen molar-refractivity contribution < 1.29 is 19.4 Å². The topological polar surface area (TPSA) is 75.6 Å². The monoisotopic (exact) mass is 319 g/mol. The van der Waals surface area contributed by atoms with E-state index < -0.39 is 17.6 Å². The normalized spacial score (nSPS) is 24.0. The van der Waals surface area contributed by atoms with Crippen molar-refractivity contribution >= 4 is 12.1 Å². The van der Waals surface area contributed by atoms with Gasteiger partial charge in [-0.25, -0.2) is 4.79 Å². The highest BCUT2D eigenvalue weighted by Crippen LogP contribution is 2.36. The molecule has 126 valence electrons. The summed E-state index contributed by atoms with van der Waals surface area (Å²) in [4.78, 5) is 23.4. The molecule has 0 bridgehead atoms. The molecule has 0 spiro atoms. The summed E-state index contributed by atoms with van der Waals surface area (Å²) < 4.78 is 5.26. The molecule has 1 fully saturated rings. The Morgan fingerprint density at radius 3 is 2.74 bits per heavy atom. The molecule has 2 rings (SSSR count). The molecule has 1 aliphatic carbocycles. The maximum absolute atomic E-state index is 12.1. The Morgan fingerprint density at radius 1 is 1.35 bits per heavy atom. The summed E-state index contributed by atoms with van der Waals surface area (Å²) in [7, 11) is 0. The highest BCUT2D eigenvalue weighted by Gasteiger charge is 2.39. The number of hydrogen-bond acceptors (Lipinski definition) is 3. The Balaban J connectivity index is 1.96. The van der Waals surface area contributed by atoms with Gasteiger partial charge in [0.15, 0.2) is 0 Å². The minimum absolute atomic E-state index is 0.0516. The van der Waals surface area contributed by atoms with Crippen molar-refractivity contribution in [3.05, 3.63) is 35.9 Å². The molecule has 1 aliphatic rings. The predicted octanol–water partition coefficient (Wildman–Crippen LogP) is 3.73. The van der Waals surface area contributed by atoms with Gasteiger partial charge in [0, 0.05) is 0 Å². The van der Waals surface area contributed by atoms with Crippen LogP contribution in [0.15, 0.2) is 30.3 Å². The summed E-state index contributed by atoms with van der Waals surface area (Å²) in [6.07, 6.45) is 3.84. The summed E-state index contributed by atoms with van der Waals surface area (Å²) in [5.41, 5.74) is 0.225. The highest BCUT2D eigenvalue weighted by atomic mass is 16.5. The third-order valence-corrected chi connectivity index (χ3v) is 4.59. The lowest BCUT2D eigenvalue weighted by Gasteiger charge is -2.40. The molecule has 0 aromatic heterocycles. The maximum atomic E-state index is 12.1. The number of benzene rings is 1. The maximum Gasteiger partial charge on any atom is 0.407 e. The van der Waals surface area contributed by atoms with E-state index >= 15 is 0 Å². The van der Waals surface area contributed by atoms with Crippen LogP contribution < -0.4 is 5.32 Å². The van der Waals surface area contributed by atoms with Crippen molar-refractivity contribution in [2.75, 3.05) is 0 Å². The quantitative estimate of drug-likeness (QED) is 0.838. The number of alkyl carbamates (subject to hydrolysis) is 1. The van der Waals surface area contributed by atoms with E-state index in [-0.39, 0.29) is 13.0 Å². The number of carbonyl (C=O) groups is 2. The first-order valence-corrected chi connectivity index (χ1v) is 8.23. The lowest BCUT2D eigenvalue weighted by molar-refractivity contribution is -0.139. The third kappa shape index (κ3) is 5.27. The molecular formula is C18H25NO4. The Kier molecular flexibility index (Phi) is 6.02. The van der Waals surface area contributed by atoms with E-state index in [1.54, 1.807) is 0 Å². The van der Waals surface area contributed by atoms with E-state index in [0.29, 0.717) is 18.8 Å². The van der Waals surface area contributed by atoms with Gasteiger partial charge in [-0.15, -0.1) is 0 Å². The number of amides is 1. The molecule has 2 atom stereocenters. The van der Waals surface area contributed by atoms with Gasteiger partial charge in [0.05, 0.1) is 12.0 Å². The van der Waals surface area contributed by atoms with Gasteiger partial charge in [-0.05, 0) is 24.3 Å². The van der Waals surface area contributed by atoms with Crippen LogP contribution in [0, 0.1) is 5.92 Å². The molecule has 2 N–H and O–H groups in total. The molecule has 1 saturated carbocycles. The second-order valence-corrected chi connectivity index (χ2v) is 6.41. The minimum Gasteiger partial charge on any atom is -0.481 e. The summed E-state index contributed by atoms with van der Waals surface area (Å²) in [5.74, 6) is -0.428. The number of ether oxygens (including phenoxy) is 1. The van der Waals surface area contributed by atoms with Crippen LogP contribution in [-0.4, -0.2) is 22.7 Å². The molecule has 0 saturated heterocycles. The van der Waals surface area contributed by atoms with E-state index in [1.807, 2.05) is 30.3 Å². The second kappa shape index (κ2) is 7.99. The molecule has 1 amide bonds. The van der Waals surface area contributed by atoms with Crippen molar-refractivity contribution in [3.63, 3.8) is 0 Å². The highest BCUT2D eigenvalue weighted by molar-refractivity contribution is 5.72. The molecule has 0 aliphatic heterocycles. The standard InChI is InChI=1S/C18H25NO4/c1-2-14-9-6-10-18(11-14,12-16(20)21)19-17(22)23-13-15-7-4-3-5-8-15/h3-5,7-8,14H,2,6,9-13H2,1H3,(H,19,22)(H,20,21). The fourth-order valence-electron chi connectivity index (χ4n) is 3.42. The van der Waals surface area contributed by atoms with E-state index in [4.69, 9.17) is 4.74 Å². The van der Waals surface area contributed by atoms with Crippen LogP contribution in [-0.2, 0) is 16.1 Å². The van der Waals surface area contributed by atoms with Crippen LogP contribution in [0.5, 0.6) is 0 Å². The van der Waals surface area contributed by atoms with E-state index in [2.05, 4.69) is 12.2 Å². The molecular weight excluding hydrogens is 294 g/mol. The Bertz CT molecular complexity index is 531. The minimum atomic E-state index is -0.884. The number of carbonyl (C=O) groups excluding carboxylic acids is 1. The van der Waals surface area contributed by atoms with Crippen molar-refractivity contribution in [1.82, 2.24) is 5.32 Å². The SMILES string of the molecule is CCC1CCCC(CC(=O)O)(NC(=O)OCc2ccccc2)C1. The number of carboxylic acid groups (broad SMARTS) is 1. The first kappa shape index (κ1) is 17.3. The molecule has 5 nitrogen and oxygen atoms in total. The molecule has 2 unspecified atom stereocenters. The first-order chi connectivity index (χ1) is 11.0. The van der Waals surface area contributed by atoms with Crippen molar-refractivity contribution in [2.45, 2.75) is 57.6 Å². The molecule has 1 aromatic rings. The van der Waals surface area contributed by atoms with Gasteiger partial charge in [0.25, 0.3) is 0 Å². The van der Waals surface area contributed by atoms with E-state index in [1.165, 1.54) is 0 Å². The van der Waals surface area contributed by atoms with Crippen LogP contribution in [0.3, 0.4) is 0 Å². The third-order valence-electron chi connectivity index (χ3n) is 4.59. The number of hydrogen-bond donors (Lipinski definition) is 2. The fourth-order valence-corrected chi connectivity index (χ4v) is 3.42. The summed E-state index contributed by atoms with van der Waals surface area (Å²) in [6.45, 7) is 2.29. The molecule has 23 heavy (non-hydrogen) atoms. The largest absolute Gasteiger partial charge is 0.481 e. The zero-order valence-corrected chi connectivity index (χ0v) is 13.6. The second-order valence-electron chi connectivity index (χ2n) is 6.41. The van der Waals surface area contributed by atoms with E-state index in [0.717, 1.165) is 24.8 Å². The zero-order valence-electron chi connectivity index (χ0n) is 13.6. The summed E-state index contributed by atoms with van der Waals surface area (Å²) >= 11 is 0. The lowest BCUT2D eigenvalue weighted by atomic mass is 9.73. The van der Waals surface area contributed by atoms with Crippen molar-refractivity contribution in [3.8, 4) is 0 Å². The lowest BCUT2D eigenvalue weighted by Crippen LogP contribution is -2.52. The van der Waals surface area contributed by atoms with E-state index in [9.17, 15) is 14.7 Å². The van der Waals surface area contributed by atoms with Gasteiger partial charge in [-0.3, -0.25) is 4.79 Å². The first-order valence-electron chi connectivity index (χ1n) is 8.23. The van der Waals surface area contributed by atoms with Crippen molar-refractivity contribution in [1.29, 1.82) is 0 Å². The van der Waals surface area contributed by atoms with Crippen LogP contribution in [0.2, 0.25) is 0 Å². The van der Waals surface area contributed by atoms with Gasteiger partial charge in [0.2, 0.25) is 0 Å². The van der Waals surface area contributed by atoms with Crippen LogP contribution in [0.25, 0.3) is 0 Å². The van der Waals surface area contributed by atoms with Crippen molar-refractivity contribution in [2.24, 2.45) is 5.92 Å². The van der Waals surface area contributed by atoms with Crippen LogP contribution in [0.1, 0.15) is 51.0 Å². The smallest absolute Gasteiger partial charge is 0.407 e. The summed E-state index contributed by atoms with van der Waals surface area (Å²) in [5, 5.41) is 12.1.